The monoisotopic (exact) mass is 334 g/mol. The Morgan fingerprint density at radius 2 is 1.95 bits per heavy atom. The van der Waals surface area contributed by atoms with Crippen molar-refractivity contribution < 1.29 is 4.42 Å². The molecule has 0 amide bonds. The van der Waals surface area contributed by atoms with Crippen LogP contribution in [0.4, 0.5) is 5.69 Å². The Morgan fingerprint density at radius 1 is 1.15 bits per heavy atom. The van der Waals surface area contributed by atoms with Gasteiger partial charge < -0.3 is 9.73 Å². The fourth-order valence-corrected chi connectivity index (χ4v) is 2.98. The molecule has 0 unspecified atom stereocenters. The maximum absolute atomic E-state index is 5.44. The van der Waals surface area contributed by atoms with Gasteiger partial charge in [0.15, 0.2) is 0 Å². The molecule has 0 spiro atoms. The molecule has 0 radical (unpaired) electrons. The number of rotatable bonds is 5. The standard InChI is InChI=1S/C16H19BrN2O/c17-14-7-10-20-16(14)11-18-15-6-2-1-5-13(15)12-19-8-3-4-9-19/h1-2,5-7,10,18H,3-4,8-9,11-12H2. The number of anilines is 1. The number of halogens is 1. The van der Waals surface area contributed by atoms with Crippen LogP contribution >= 0.6 is 15.9 Å². The molecular weight excluding hydrogens is 316 g/mol. The van der Waals surface area contributed by atoms with Crippen molar-refractivity contribution in [1.29, 1.82) is 0 Å². The highest BCUT2D eigenvalue weighted by atomic mass is 79.9. The van der Waals surface area contributed by atoms with Crippen LogP contribution in [0.5, 0.6) is 0 Å². The normalized spacial score (nSPS) is 15.7. The maximum Gasteiger partial charge on any atom is 0.136 e. The average molecular weight is 335 g/mol. The van der Waals surface area contributed by atoms with Crippen molar-refractivity contribution in [2.24, 2.45) is 0 Å². The van der Waals surface area contributed by atoms with Crippen molar-refractivity contribution in [2.45, 2.75) is 25.9 Å². The van der Waals surface area contributed by atoms with Crippen LogP contribution in [0.15, 0.2) is 45.5 Å². The largest absolute Gasteiger partial charge is 0.466 e. The second-order valence-corrected chi connectivity index (χ2v) is 6.04. The van der Waals surface area contributed by atoms with Crippen LogP contribution in [0.25, 0.3) is 0 Å². The first-order chi connectivity index (χ1) is 9.83. The minimum atomic E-state index is 0.699. The molecule has 106 valence electrons. The lowest BCUT2D eigenvalue weighted by Gasteiger charge is -2.18. The zero-order valence-corrected chi connectivity index (χ0v) is 13.0. The van der Waals surface area contributed by atoms with E-state index >= 15 is 0 Å². The van der Waals surface area contributed by atoms with E-state index in [1.54, 1.807) is 6.26 Å². The predicted octanol–water partition coefficient (Wildman–Crippen LogP) is 4.25. The molecule has 1 fully saturated rings. The summed E-state index contributed by atoms with van der Waals surface area (Å²) in [6.45, 7) is 4.17. The number of nitrogens with zero attached hydrogens (tertiary/aromatic N) is 1. The molecule has 0 aliphatic carbocycles. The van der Waals surface area contributed by atoms with Gasteiger partial charge in [0, 0.05) is 12.2 Å². The second kappa shape index (κ2) is 6.46. The van der Waals surface area contributed by atoms with E-state index in [4.69, 9.17) is 4.42 Å². The Morgan fingerprint density at radius 3 is 2.70 bits per heavy atom. The molecule has 1 aliphatic heterocycles. The van der Waals surface area contributed by atoms with E-state index in [9.17, 15) is 0 Å². The highest BCUT2D eigenvalue weighted by Crippen LogP contribution is 2.23. The zero-order valence-electron chi connectivity index (χ0n) is 11.4. The minimum Gasteiger partial charge on any atom is -0.466 e. The summed E-state index contributed by atoms with van der Waals surface area (Å²) in [6, 6.07) is 10.5. The van der Waals surface area contributed by atoms with E-state index in [2.05, 4.69) is 50.4 Å². The molecule has 3 nitrogen and oxygen atoms in total. The predicted molar refractivity (Wildman–Crippen MR) is 84.7 cm³/mol. The van der Waals surface area contributed by atoms with Gasteiger partial charge in [-0.05, 0) is 59.6 Å². The SMILES string of the molecule is Brc1ccoc1CNc1ccccc1CN1CCCC1. The van der Waals surface area contributed by atoms with Gasteiger partial charge in [-0.25, -0.2) is 0 Å². The molecular formula is C16H19BrN2O. The van der Waals surface area contributed by atoms with Crippen molar-refractivity contribution in [3.05, 3.63) is 52.4 Å². The van der Waals surface area contributed by atoms with Crippen molar-refractivity contribution in [3.63, 3.8) is 0 Å². The Labute approximate surface area is 128 Å². The highest BCUT2D eigenvalue weighted by molar-refractivity contribution is 9.10. The lowest BCUT2D eigenvalue weighted by Crippen LogP contribution is -2.19. The van der Waals surface area contributed by atoms with Gasteiger partial charge in [-0.15, -0.1) is 0 Å². The molecule has 1 aliphatic rings. The summed E-state index contributed by atoms with van der Waals surface area (Å²) in [7, 11) is 0. The third-order valence-electron chi connectivity index (χ3n) is 3.74. The van der Waals surface area contributed by atoms with Crippen LogP contribution in [-0.2, 0) is 13.1 Å². The van der Waals surface area contributed by atoms with Gasteiger partial charge in [0.25, 0.3) is 0 Å². The molecule has 1 saturated heterocycles. The average Bonchev–Trinajstić information content (AvgIpc) is 3.10. The second-order valence-electron chi connectivity index (χ2n) is 5.19. The Balaban J connectivity index is 1.67. The summed E-state index contributed by atoms with van der Waals surface area (Å²) >= 11 is 3.49. The quantitative estimate of drug-likeness (QED) is 0.885. The molecule has 3 rings (SSSR count). The first kappa shape index (κ1) is 13.7. The number of furan rings is 1. The van der Waals surface area contributed by atoms with Crippen molar-refractivity contribution in [2.75, 3.05) is 18.4 Å². The number of hydrogen-bond donors (Lipinski definition) is 1. The van der Waals surface area contributed by atoms with Crippen LogP contribution in [0.1, 0.15) is 24.2 Å². The smallest absolute Gasteiger partial charge is 0.136 e. The summed E-state index contributed by atoms with van der Waals surface area (Å²) in [5, 5.41) is 3.48. The molecule has 2 heterocycles. The topological polar surface area (TPSA) is 28.4 Å². The lowest BCUT2D eigenvalue weighted by molar-refractivity contribution is 0.332. The summed E-state index contributed by atoms with van der Waals surface area (Å²) in [5.74, 6) is 0.931. The molecule has 0 saturated carbocycles. The zero-order chi connectivity index (χ0) is 13.8. The van der Waals surface area contributed by atoms with E-state index in [1.807, 2.05) is 6.07 Å². The fourth-order valence-electron chi connectivity index (χ4n) is 2.64. The van der Waals surface area contributed by atoms with Gasteiger partial charge in [-0.1, -0.05) is 18.2 Å². The number of para-hydroxylation sites is 1. The maximum atomic E-state index is 5.44. The van der Waals surface area contributed by atoms with Gasteiger partial charge in [0.2, 0.25) is 0 Å². The number of nitrogens with one attached hydrogen (secondary N) is 1. The first-order valence-electron chi connectivity index (χ1n) is 7.09. The van der Waals surface area contributed by atoms with Gasteiger partial charge >= 0.3 is 0 Å². The Hall–Kier alpha value is -1.26. The molecule has 2 aromatic rings. The number of benzene rings is 1. The summed E-state index contributed by atoms with van der Waals surface area (Å²) in [5.41, 5.74) is 2.56. The van der Waals surface area contributed by atoms with Crippen LogP contribution < -0.4 is 5.32 Å². The molecule has 1 aromatic carbocycles. The third-order valence-corrected chi connectivity index (χ3v) is 4.45. The molecule has 0 atom stereocenters. The van der Waals surface area contributed by atoms with E-state index in [0.717, 1.165) is 16.8 Å². The van der Waals surface area contributed by atoms with Gasteiger partial charge in [0.1, 0.15) is 5.76 Å². The van der Waals surface area contributed by atoms with E-state index in [-0.39, 0.29) is 0 Å². The lowest BCUT2D eigenvalue weighted by atomic mass is 10.1. The third kappa shape index (κ3) is 3.25. The van der Waals surface area contributed by atoms with Crippen LogP contribution in [0.3, 0.4) is 0 Å². The van der Waals surface area contributed by atoms with Crippen molar-refractivity contribution in [3.8, 4) is 0 Å². The molecule has 1 aromatic heterocycles. The first-order valence-corrected chi connectivity index (χ1v) is 7.88. The molecule has 20 heavy (non-hydrogen) atoms. The van der Waals surface area contributed by atoms with Crippen molar-refractivity contribution in [1.82, 2.24) is 4.90 Å². The van der Waals surface area contributed by atoms with Gasteiger partial charge in [-0.3, -0.25) is 4.90 Å². The molecule has 1 N–H and O–H groups in total. The Bertz CT molecular complexity index is 561. The minimum absolute atomic E-state index is 0.699. The van der Waals surface area contributed by atoms with Crippen LogP contribution in [-0.4, -0.2) is 18.0 Å². The van der Waals surface area contributed by atoms with E-state index in [1.165, 1.54) is 37.2 Å². The van der Waals surface area contributed by atoms with Crippen LogP contribution in [0, 0.1) is 0 Å². The number of hydrogen-bond acceptors (Lipinski definition) is 3. The van der Waals surface area contributed by atoms with Crippen LogP contribution in [0.2, 0.25) is 0 Å². The summed E-state index contributed by atoms with van der Waals surface area (Å²) in [4.78, 5) is 2.52. The fraction of sp³-hybridized carbons (Fsp3) is 0.375. The molecule has 0 bridgehead atoms. The summed E-state index contributed by atoms with van der Waals surface area (Å²) < 4.78 is 6.46. The number of likely N-dealkylation sites (tertiary alicyclic amines) is 1. The Kier molecular flexibility index (Phi) is 4.43. The highest BCUT2D eigenvalue weighted by Gasteiger charge is 2.13. The molecule has 4 heteroatoms. The summed E-state index contributed by atoms with van der Waals surface area (Å²) in [6.07, 6.45) is 4.36. The van der Waals surface area contributed by atoms with Crippen molar-refractivity contribution >= 4 is 21.6 Å². The van der Waals surface area contributed by atoms with Gasteiger partial charge in [0.05, 0.1) is 17.3 Å². The van der Waals surface area contributed by atoms with E-state index in [0.29, 0.717) is 6.54 Å². The van der Waals surface area contributed by atoms with Gasteiger partial charge in [-0.2, -0.15) is 0 Å². The van der Waals surface area contributed by atoms with E-state index < -0.39 is 0 Å².